The fourth-order valence-electron chi connectivity index (χ4n) is 2.12. The summed E-state index contributed by atoms with van der Waals surface area (Å²) in [5, 5.41) is 16.4. The van der Waals surface area contributed by atoms with E-state index < -0.39 is 11.9 Å². The molecule has 0 aliphatic carbocycles. The molecule has 1 N–H and O–H groups in total. The Morgan fingerprint density at radius 1 is 1.48 bits per heavy atom. The lowest BCUT2D eigenvalue weighted by atomic mass is 10.1. The molecule has 0 aromatic carbocycles. The van der Waals surface area contributed by atoms with Gasteiger partial charge in [-0.2, -0.15) is 10.4 Å². The summed E-state index contributed by atoms with van der Waals surface area (Å²) in [6, 6.07) is 2.02. The second kappa shape index (κ2) is 6.62. The molecule has 2 aromatic rings. The number of nitrogens with one attached hydrogen (secondary N) is 1. The zero-order valence-electron chi connectivity index (χ0n) is 13.3. The van der Waals surface area contributed by atoms with E-state index in [2.05, 4.69) is 10.4 Å². The van der Waals surface area contributed by atoms with Crippen molar-refractivity contribution in [1.29, 1.82) is 5.26 Å². The first kappa shape index (κ1) is 16.7. The molecule has 0 atom stereocenters. The van der Waals surface area contributed by atoms with Crippen molar-refractivity contribution in [3.8, 4) is 6.07 Å². The molecule has 0 aliphatic heterocycles. The molecule has 0 bridgehead atoms. The highest BCUT2D eigenvalue weighted by molar-refractivity contribution is 7.18. The molecule has 0 saturated heterocycles. The van der Waals surface area contributed by atoms with Crippen LogP contribution in [0.15, 0.2) is 6.20 Å². The molecule has 0 fully saturated rings. The molecule has 0 saturated carbocycles. The van der Waals surface area contributed by atoms with Crippen LogP contribution in [0.1, 0.15) is 43.8 Å². The highest BCUT2D eigenvalue weighted by Gasteiger charge is 2.23. The van der Waals surface area contributed by atoms with Crippen LogP contribution in [0.3, 0.4) is 0 Å². The molecule has 0 unspecified atom stereocenters. The Hall–Kier alpha value is -2.66. The Balaban J connectivity index is 2.35. The van der Waals surface area contributed by atoms with E-state index in [1.54, 1.807) is 38.7 Å². The minimum Gasteiger partial charge on any atom is -0.462 e. The number of carbonyl (C=O) groups excluding carboxylic acids is 2. The van der Waals surface area contributed by atoms with Gasteiger partial charge in [-0.15, -0.1) is 11.3 Å². The van der Waals surface area contributed by atoms with Crippen LogP contribution in [-0.2, 0) is 11.8 Å². The number of amides is 1. The van der Waals surface area contributed by atoms with Crippen molar-refractivity contribution in [2.45, 2.75) is 20.8 Å². The average molecular weight is 332 g/mol. The average Bonchev–Trinajstić information content (AvgIpc) is 2.98. The first-order chi connectivity index (χ1) is 10.9. The molecule has 0 aliphatic rings. The van der Waals surface area contributed by atoms with E-state index in [9.17, 15) is 14.9 Å². The molecule has 7 nitrogen and oxygen atoms in total. The number of nitrogens with zero attached hydrogens (tertiary/aromatic N) is 3. The summed E-state index contributed by atoms with van der Waals surface area (Å²) in [4.78, 5) is 24.6. The SMILES string of the molecule is CCOC(=O)c1sc(NC(=O)c2nn(C)cc2C)c(C#N)c1C. The molecule has 120 valence electrons. The first-order valence-electron chi connectivity index (χ1n) is 6.91. The molecule has 0 spiro atoms. The van der Waals surface area contributed by atoms with Crippen molar-refractivity contribution < 1.29 is 14.3 Å². The van der Waals surface area contributed by atoms with Gasteiger partial charge < -0.3 is 10.1 Å². The van der Waals surface area contributed by atoms with Gasteiger partial charge in [0.15, 0.2) is 5.69 Å². The predicted octanol–water partition coefficient (Wildman–Crippen LogP) is 2.40. The number of carbonyl (C=O) groups is 2. The summed E-state index contributed by atoms with van der Waals surface area (Å²) in [7, 11) is 1.72. The summed E-state index contributed by atoms with van der Waals surface area (Å²) in [5.74, 6) is -0.919. The standard InChI is InChI=1S/C15H16N4O3S/c1-5-22-15(21)12-9(3)10(6-16)14(23-12)17-13(20)11-8(2)7-19(4)18-11/h7H,5H2,1-4H3,(H,17,20). The monoisotopic (exact) mass is 332 g/mol. The number of aromatic nitrogens is 2. The fourth-order valence-corrected chi connectivity index (χ4v) is 3.17. The van der Waals surface area contributed by atoms with Crippen molar-refractivity contribution in [3.05, 3.63) is 33.5 Å². The van der Waals surface area contributed by atoms with Gasteiger partial charge in [0, 0.05) is 18.8 Å². The number of ether oxygens (including phenoxy) is 1. The maximum Gasteiger partial charge on any atom is 0.348 e. The summed E-state index contributed by atoms with van der Waals surface area (Å²) in [6.45, 7) is 5.38. The lowest BCUT2D eigenvalue weighted by Gasteiger charge is -2.01. The summed E-state index contributed by atoms with van der Waals surface area (Å²) < 4.78 is 6.51. The molecule has 0 radical (unpaired) electrons. The zero-order valence-corrected chi connectivity index (χ0v) is 14.1. The van der Waals surface area contributed by atoms with Gasteiger partial charge in [0.1, 0.15) is 15.9 Å². The van der Waals surface area contributed by atoms with Crippen LogP contribution in [-0.4, -0.2) is 28.3 Å². The van der Waals surface area contributed by atoms with Crippen LogP contribution in [0.25, 0.3) is 0 Å². The van der Waals surface area contributed by atoms with E-state index in [1.807, 2.05) is 6.07 Å². The Kier molecular flexibility index (Phi) is 4.81. The van der Waals surface area contributed by atoms with Crippen molar-refractivity contribution in [1.82, 2.24) is 9.78 Å². The van der Waals surface area contributed by atoms with E-state index in [0.29, 0.717) is 15.4 Å². The van der Waals surface area contributed by atoms with Crippen molar-refractivity contribution in [2.75, 3.05) is 11.9 Å². The van der Waals surface area contributed by atoms with Crippen LogP contribution in [0.2, 0.25) is 0 Å². The third-order valence-corrected chi connectivity index (χ3v) is 4.36. The summed E-state index contributed by atoms with van der Waals surface area (Å²) in [6.07, 6.45) is 1.73. The summed E-state index contributed by atoms with van der Waals surface area (Å²) in [5.41, 5.74) is 1.77. The fraction of sp³-hybridized carbons (Fsp3) is 0.333. The quantitative estimate of drug-likeness (QED) is 0.867. The van der Waals surface area contributed by atoms with Crippen LogP contribution in [0.5, 0.6) is 0 Å². The number of aryl methyl sites for hydroxylation is 2. The third-order valence-electron chi connectivity index (χ3n) is 3.17. The topological polar surface area (TPSA) is 97.0 Å². The van der Waals surface area contributed by atoms with Crippen molar-refractivity contribution in [2.24, 2.45) is 7.05 Å². The lowest BCUT2D eigenvalue weighted by molar-refractivity contribution is 0.0531. The second-order valence-electron chi connectivity index (χ2n) is 4.88. The molecule has 2 aromatic heterocycles. The number of esters is 1. The number of thiophene rings is 1. The van der Waals surface area contributed by atoms with E-state index in [-0.39, 0.29) is 17.9 Å². The van der Waals surface area contributed by atoms with Gasteiger partial charge in [-0.25, -0.2) is 4.79 Å². The van der Waals surface area contributed by atoms with Crippen LogP contribution < -0.4 is 5.32 Å². The van der Waals surface area contributed by atoms with Gasteiger partial charge >= 0.3 is 5.97 Å². The number of hydrogen-bond acceptors (Lipinski definition) is 6. The molecule has 2 rings (SSSR count). The molecule has 2 heterocycles. The lowest BCUT2D eigenvalue weighted by Crippen LogP contribution is -2.14. The smallest absolute Gasteiger partial charge is 0.348 e. The Bertz CT molecular complexity index is 814. The van der Waals surface area contributed by atoms with E-state index >= 15 is 0 Å². The number of anilines is 1. The predicted molar refractivity (Wildman–Crippen MR) is 85.6 cm³/mol. The normalized spacial score (nSPS) is 10.2. The van der Waals surface area contributed by atoms with Gasteiger partial charge in [-0.3, -0.25) is 9.48 Å². The van der Waals surface area contributed by atoms with Gasteiger partial charge in [-0.05, 0) is 26.3 Å². The number of nitriles is 1. The maximum atomic E-state index is 12.3. The zero-order chi connectivity index (χ0) is 17.1. The van der Waals surface area contributed by atoms with E-state index in [1.165, 1.54) is 0 Å². The maximum absolute atomic E-state index is 12.3. The van der Waals surface area contributed by atoms with Gasteiger partial charge in [0.05, 0.1) is 12.2 Å². The largest absolute Gasteiger partial charge is 0.462 e. The van der Waals surface area contributed by atoms with E-state index in [0.717, 1.165) is 16.9 Å². The summed E-state index contributed by atoms with van der Waals surface area (Å²) >= 11 is 1.03. The molecule has 8 heteroatoms. The highest BCUT2D eigenvalue weighted by atomic mass is 32.1. The van der Waals surface area contributed by atoms with Gasteiger partial charge in [0.25, 0.3) is 5.91 Å². The van der Waals surface area contributed by atoms with Crippen LogP contribution in [0, 0.1) is 25.2 Å². The van der Waals surface area contributed by atoms with Crippen molar-refractivity contribution in [3.63, 3.8) is 0 Å². The van der Waals surface area contributed by atoms with Gasteiger partial charge in [-0.1, -0.05) is 0 Å². The van der Waals surface area contributed by atoms with Crippen LogP contribution >= 0.6 is 11.3 Å². The molecule has 1 amide bonds. The van der Waals surface area contributed by atoms with Crippen LogP contribution in [0.4, 0.5) is 5.00 Å². The third kappa shape index (κ3) is 3.24. The number of hydrogen-bond donors (Lipinski definition) is 1. The van der Waals surface area contributed by atoms with Crippen molar-refractivity contribution >= 4 is 28.2 Å². The van der Waals surface area contributed by atoms with E-state index in [4.69, 9.17) is 4.74 Å². The number of rotatable bonds is 4. The first-order valence-corrected chi connectivity index (χ1v) is 7.72. The Morgan fingerprint density at radius 3 is 2.70 bits per heavy atom. The Morgan fingerprint density at radius 2 is 2.17 bits per heavy atom. The molecular weight excluding hydrogens is 316 g/mol. The Labute approximate surface area is 137 Å². The minimum absolute atomic E-state index is 0.243. The second-order valence-corrected chi connectivity index (χ2v) is 5.90. The molecular formula is C15H16N4O3S. The van der Waals surface area contributed by atoms with Gasteiger partial charge in [0.2, 0.25) is 0 Å². The highest BCUT2D eigenvalue weighted by Crippen LogP contribution is 2.33. The minimum atomic E-state index is -0.499. The molecule has 23 heavy (non-hydrogen) atoms.